The number of amides is 1. The van der Waals surface area contributed by atoms with Gasteiger partial charge in [-0.3, -0.25) is 9.79 Å². The van der Waals surface area contributed by atoms with Crippen molar-refractivity contribution in [1.82, 2.24) is 4.90 Å². The number of nitrogens with two attached hydrogens (primary N) is 4. The maximum Gasteiger partial charge on any atom is 0.244 e. The van der Waals surface area contributed by atoms with E-state index in [1.807, 2.05) is 6.92 Å². The molecule has 30 heavy (non-hydrogen) atoms. The van der Waals surface area contributed by atoms with Crippen LogP contribution in [0.25, 0.3) is 0 Å². The minimum atomic E-state index is -1.28. The summed E-state index contributed by atoms with van der Waals surface area (Å²) >= 11 is 0. The molecule has 174 valence electrons. The van der Waals surface area contributed by atoms with Gasteiger partial charge in [-0.1, -0.05) is 0 Å². The van der Waals surface area contributed by atoms with E-state index in [9.17, 15) is 15.0 Å². The van der Waals surface area contributed by atoms with Gasteiger partial charge in [0.25, 0.3) is 0 Å². The lowest BCUT2D eigenvalue weighted by Crippen LogP contribution is -2.72. The maximum atomic E-state index is 12.4. The van der Waals surface area contributed by atoms with Crippen LogP contribution in [0.4, 0.5) is 0 Å². The highest BCUT2D eigenvalue weighted by molar-refractivity contribution is 5.79. The zero-order chi connectivity index (χ0) is 22.6. The highest BCUT2D eigenvalue weighted by atomic mass is 16.7. The fourth-order valence-electron chi connectivity index (χ4n) is 4.05. The van der Waals surface area contributed by atoms with Crippen molar-refractivity contribution >= 4 is 12.2 Å². The number of carbonyl (C=O) groups excluding carboxylic acids is 1. The Morgan fingerprint density at radius 2 is 1.97 bits per heavy atom. The highest BCUT2D eigenvalue weighted by Crippen LogP contribution is 2.31. The van der Waals surface area contributed by atoms with E-state index in [0.29, 0.717) is 12.8 Å². The molecule has 2 fully saturated rings. The Bertz CT molecular complexity index is 596. The van der Waals surface area contributed by atoms with Crippen LogP contribution in [0.15, 0.2) is 4.99 Å². The average molecular weight is 433 g/mol. The number of ether oxygens (including phenoxy) is 3. The molecular formula is C18H36N6O6. The summed E-state index contributed by atoms with van der Waals surface area (Å²) < 4.78 is 17.2. The van der Waals surface area contributed by atoms with Gasteiger partial charge in [0, 0.05) is 20.2 Å². The normalized spacial score (nSPS) is 41.0. The van der Waals surface area contributed by atoms with Crippen molar-refractivity contribution in [3.8, 4) is 0 Å². The second-order valence-electron chi connectivity index (χ2n) is 7.99. The number of aliphatic hydroxyl groups is 2. The molecule has 0 aromatic rings. The van der Waals surface area contributed by atoms with Crippen molar-refractivity contribution in [1.29, 1.82) is 0 Å². The zero-order valence-electron chi connectivity index (χ0n) is 17.7. The van der Waals surface area contributed by atoms with E-state index in [0.717, 1.165) is 6.34 Å². The van der Waals surface area contributed by atoms with Crippen molar-refractivity contribution < 1.29 is 29.2 Å². The van der Waals surface area contributed by atoms with E-state index < -0.39 is 54.7 Å². The van der Waals surface area contributed by atoms with Crippen molar-refractivity contribution in [3.05, 3.63) is 0 Å². The van der Waals surface area contributed by atoms with Crippen LogP contribution in [-0.4, -0.2) is 109 Å². The summed E-state index contributed by atoms with van der Waals surface area (Å²) in [6, 6.07) is -2.62. The van der Waals surface area contributed by atoms with Crippen LogP contribution in [-0.2, 0) is 19.0 Å². The molecule has 0 aromatic carbocycles. The van der Waals surface area contributed by atoms with Gasteiger partial charge < -0.3 is 52.3 Å². The number of nitrogens with zero attached hydrogens (tertiary/aromatic N) is 2. The van der Waals surface area contributed by atoms with Gasteiger partial charge >= 0.3 is 0 Å². The van der Waals surface area contributed by atoms with Crippen LogP contribution in [0.1, 0.15) is 19.8 Å². The molecule has 2 aliphatic rings. The predicted molar refractivity (Wildman–Crippen MR) is 109 cm³/mol. The van der Waals surface area contributed by atoms with Gasteiger partial charge in [0.2, 0.25) is 5.91 Å². The van der Waals surface area contributed by atoms with Gasteiger partial charge in [0.05, 0.1) is 36.7 Å². The summed E-state index contributed by atoms with van der Waals surface area (Å²) in [4.78, 5) is 17.4. The lowest BCUT2D eigenvalue weighted by molar-refractivity contribution is -0.267. The third-order valence-electron chi connectivity index (χ3n) is 5.90. The third kappa shape index (κ3) is 5.26. The molecule has 0 bridgehead atoms. The first kappa shape index (κ1) is 24.9. The molecule has 12 heteroatoms. The Morgan fingerprint density at radius 3 is 2.53 bits per heavy atom. The maximum absolute atomic E-state index is 12.4. The molecule has 1 amide bonds. The van der Waals surface area contributed by atoms with E-state index in [-0.39, 0.29) is 18.7 Å². The summed E-state index contributed by atoms with van der Waals surface area (Å²) in [5.74, 6) is -0.424. The lowest BCUT2D eigenvalue weighted by Gasteiger charge is -2.50. The van der Waals surface area contributed by atoms with Crippen molar-refractivity contribution in [2.75, 3.05) is 20.7 Å². The quantitative estimate of drug-likeness (QED) is 0.172. The van der Waals surface area contributed by atoms with Crippen LogP contribution < -0.4 is 22.9 Å². The minimum Gasteiger partial charge on any atom is -0.390 e. The van der Waals surface area contributed by atoms with Gasteiger partial charge in [-0.05, 0) is 19.8 Å². The van der Waals surface area contributed by atoms with Gasteiger partial charge in [0.1, 0.15) is 24.9 Å². The molecule has 2 rings (SSSR count). The fourth-order valence-corrected chi connectivity index (χ4v) is 4.05. The molecule has 0 radical (unpaired) electrons. The van der Waals surface area contributed by atoms with Gasteiger partial charge in [-0.15, -0.1) is 0 Å². The molecule has 1 aliphatic heterocycles. The third-order valence-corrected chi connectivity index (χ3v) is 5.90. The number of aliphatic imine (C=N–C) groups is 1. The molecule has 0 aromatic heterocycles. The predicted octanol–water partition coefficient (Wildman–Crippen LogP) is -3.56. The summed E-state index contributed by atoms with van der Waals surface area (Å²) in [5.41, 5.74) is 23.5. The molecule has 1 aliphatic carbocycles. The summed E-state index contributed by atoms with van der Waals surface area (Å²) in [5, 5.41) is 21.8. The van der Waals surface area contributed by atoms with Crippen LogP contribution in [0, 0.1) is 0 Å². The number of methoxy groups -OCH3 is 1. The monoisotopic (exact) mass is 432 g/mol. The van der Waals surface area contributed by atoms with Gasteiger partial charge in [0.15, 0.2) is 6.29 Å². The number of hydrogen-bond donors (Lipinski definition) is 6. The first-order chi connectivity index (χ1) is 14.1. The number of carbonyl (C=O) groups is 1. The first-order valence-electron chi connectivity index (χ1n) is 10.1. The zero-order valence-corrected chi connectivity index (χ0v) is 17.7. The van der Waals surface area contributed by atoms with Crippen molar-refractivity contribution in [3.63, 3.8) is 0 Å². The number of aliphatic hydroxyl groups excluding tert-OH is 2. The van der Waals surface area contributed by atoms with Crippen molar-refractivity contribution in [2.24, 2.45) is 27.9 Å². The summed E-state index contributed by atoms with van der Waals surface area (Å²) in [7, 11) is 2.84. The van der Waals surface area contributed by atoms with E-state index in [1.54, 1.807) is 0 Å². The fraction of sp³-hybridized carbons (Fsp3) is 0.889. The Morgan fingerprint density at radius 1 is 1.30 bits per heavy atom. The Balaban J connectivity index is 2.23. The van der Waals surface area contributed by atoms with E-state index in [2.05, 4.69) is 4.99 Å². The van der Waals surface area contributed by atoms with E-state index in [1.165, 1.54) is 19.1 Å². The smallest absolute Gasteiger partial charge is 0.244 e. The molecule has 0 spiro atoms. The minimum absolute atomic E-state index is 0.215. The van der Waals surface area contributed by atoms with Crippen LogP contribution >= 0.6 is 0 Å². The molecule has 12 nitrogen and oxygen atoms in total. The number of hydrogen-bond acceptors (Lipinski definition) is 10. The average Bonchev–Trinajstić information content (AvgIpc) is 2.72. The standard InChI is InChI=1S/C18H36N6O6/c1-8(20)10-5-4-9(21)18(29-10)30-16-12(22)14(26)17(28-3)13(15(16)27)24(2)11(25)6-23-7-19/h7-10,12-18,26-27H,4-6,20-22H2,1-3H3,(H2,19,23)/t8?,9-,10+,12+,13-,14-,15+,16-,17-,18-/m1/s1. The highest BCUT2D eigenvalue weighted by Gasteiger charge is 2.53. The van der Waals surface area contributed by atoms with Crippen LogP contribution in [0.2, 0.25) is 0 Å². The van der Waals surface area contributed by atoms with E-state index >= 15 is 0 Å². The lowest BCUT2D eigenvalue weighted by atomic mass is 9.80. The Labute approximate surface area is 176 Å². The SMILES string of the molecule is CO[C@H]1[C@H](O)[C@H](N)[C@@H](O[C@H]2O[C@H](C(C)N)CC[C@H]2N)[C@@H](O)[C@H]1N(C)C(=O)CN=CN. The second-order valence-corrected chi connectivity index (χ2v) is 7.99. The number of likely N-dealkylation sites (N-methyl/N-ethyl adjacent to an activating group) is 1. The largest absolute Gasteiger partial charge is 0.390 e. The second kappa shape index (κ2) is 10.8. The molecule has 1 saturated carbocycles. The molecule has 1 saturated heterocycles. The Hall–Kier alpha value is -1.38. The Kier molecular flexibility index (Phi) is 8.94. The van der Waals surface area contributed by atoms with Gasteiger partial charge in [-0.25, -0.2) is 0 Å². The molecule has 10 N–H and O–H groups in total. The van der Waals surface area contributed by atoms with Crippen LogP contribution in [0.5, 0.6) is 0 Å². The molecule has 10 atom stereocenters. The first-order valence-corrected chi connectivity index (χ1v) is 10.1. The molecule has 1 heterocycles. The topological polar surface area (TPSA) is 205 Å². The van der Waals surface area contributed by atoms with E-state index in [4.69, 9.17) is 37.1 Å². The molecular weight excluding hydrogens is 396 g/mol. The van der Waals surface area contributed by atoms with Gasteiger partial charge in [-0.2, -0.15) is 0 Å². The molecule has 1 unspecified atom stereocenters. The van der Waals surface area contributed by atoms with Crippen molar-refractivity contribution in [2.45, 2.75) is 80.7 Å². The summed E-state index contributed by atoms with van der Waals surface area (Å²) in [6.45, 7) is 1.61. The van der Waals surface area contributed by atoms with Crippen LogP contribution in [0.3, 0.4) is 0 Å². The number of rotatable bonds is 7. The summed E-state index contributed by atoms with van der Waals surface area (Å²) in [6.07, 6.45) is -3.29.